The zero-order chi connectivity index (χ0) is 19.4. The zero-order valence-corrected chi connectivity index (χ0v) is 17.1. The van der Waals surface area contributed by atoms with Crippen LogP contribution >= 0.6 is 11.6 Å². The molecular formula is C18H27ClN2O4S. The Hall–Kier alpha value is -1.31. The number of hydrogen-bond acceptors (Lipinski definition) is 4. The van der Waals surface area contributed by atoms with Crippen molar-refractivity contribution in [2.45, 2.75) is 45.0 Å². The lowest BCUT2D eigenvalue weighted by Crippen LogP contribution is -2.43. The molecule has 146 valence electrons. The minimum absolute atomic E-state index is 0.0685. The SMILES string of the molecule is CC(C)(C)OC(=O)N1CCC(CNS(=O)(=O)Cc2ccc(Cl)cc2)CC1. The van der Waals surface area contributed by atoms with Gasteiger partial charge in [0.2, 0.25) is 10.0 Å². The van der Waals surface area contributed by atoms with Crippen molar-refractivity contribution in [2.75, 3.05) is 19.6 Å². The third-order valence-corrected chi connectivity index (χ3v) is 5.70. The Labute approximate surface area is 160 Å². The number of likely N-dealkylation sites (tertiary alicyclic amines) is 1. The number of sulfonamides is 1. The summed E-state index contributed by atoms with van der Waals surface area (Å²) < 4.78 is 32.5. The van der Waals surface area contributed by atoms with Crippen LogP contribution in [0.1, 0.15) is 39.2 Å². The molecular weight excluding hydrogens is 376 g/mol. The summed E-state index contributed by atoms with van der Waals surface area (Å²) in [5.41, 5.74) is 0.187. The van der Waals surface area contributed by atoms with Crippen LogP contribution in [0.5, 0.6) is 0 Å². The maximum absolute atomic E-state index is 12.2. The smallest absolute Gasteiger partial charge is 0.410 e. The van der Waals surface area contributed by atoms with E-state index in [0.717, 1.165) is 12.8 Å². The van der Waals surface area contributed by atoms with Crippen LogP contribution in [0.3, 0.4) is 0 Å². The fourth-order valence-corrected chi connectivity index (χ4v) is 4.09. The molecule has 0 radical (unpaired) electrons. The molecule has 1 fully saturated rings. The molecule has 0 aliphatic carbocycles. The van der Waals surface area contributed by atoms with Gasteiger partial charge in [0.25, 0.3) is 0 Å². The first-order valence-electron chi connectivity index (χ1n) is 8.74. The summed E-state index contributed by atoms with van der Waals surface area (Å²) in [6.07, 6.45) is 1.20. The van der Waals surface area contributed by atoms with Gasteiger partial charge in [-0.15, -0.1) is 0 Å². The van der Waals surface area contributed by atoms with E-state index < -0.39 is 15.6 Å². The average molecular weight is 403 g/mol. The van der Waals surface area contributed by atoms with Gasteiger partial charge in [0, 0.05) is 24.7 Å². The highest BCUT2D eigenvalue weighted by atomic mass is 35.5. The van der Waals surface area contributed by atoms with E-state index in [0.29, 0.717) is 30.2 Å². The Morgan fingerprint density at radius 2 is 1.81 bits per heavy atom. The molecule has 1 aromatic rings. The molecule has 26 heavy (non-hydrogen) atoms. The minimum Gasteiger partial charge on any atom is -0.444 e. The van der Waals surface area contributed by atoms with Crippen LogP contribution < -0.4 is 4.72 Å². The van der Waals surface area contributed by atoms with Crippen LogP contribution in [-0.2, 0) is 20.5 Å². The molecule has 1 aromatic carbocycles. The number of ether oxygens (including phenoxy) is 1. The number of nitrogens with zero attached hydrogens (tertiary/aromatic N) is 1. The number of hydrogen-bond donors (Lipinski definition) is 1. The quantitative estimate of drug-likeness (QED) is 0.818. The lowest BCUT2D eigenvalue weighted by Gasteiger charge is -2.33. The monoisotopic (exact) mass is 402 g/mol. The summed E-state index contributed by atoms with van der Waals surface area (Å²) in [5.74, 6) is 0.148. The second-order valence-corrected chi connectivity index (χ2v) is 9.89. The molecule has 0 aromatic heterocycles. The van der Waals surface area contributed by atoms with Crippen LogP contribution in [0.2, 0.25) is 5.02 Å². The Kier molecular flexibility index (Phi) is 6.93. The number of amides is 1. The highest BCUT2D eigenvalue weighted by Gasteiger charge is 2.27. The van der Waals surface area contributed by atoms with E-state index in [9.17, 15) is 13.2 Å². The minimum atomic E-state index is -3.40. The van der Waals surface area contributed by atoms with Gasteiger partial charge in [0.05, 0.1) is 5.75 Å². The van der Waals surface area contributed by atoms with Gasteiger partial charge < -0.3 is 9.64 Å². The number of halogens is 1. The molecule has 0 bridgehead atoms. The van der Waals surface area contributed by atoms with Gasteiger partial charge in [-0.1, -0.05) is 23.7 Å². The third-order valence-electron chi connectivity index (χ3n) is 4.13. The first-order valence-corrected chi connectivity index (χ1v) is 10.8. The van der Waals surface area contributed by atoms with E-state index in [2.05, 4.69) is 4.72 Å². The fourth-order valence-electron chi connectivity index (χ4n) is 2.74. The number of rotatable bonds is 5. The number of piperidine rings is 1. The molecule has 0 atom stereocenters. The van der Waals surface area contributed by atoms with Crippen LogP contribution in [0.4, 0.5) is 4.79 Å². The van der Waals surface area contributed by atoms with Gasteiger partial charge in [0.15, 0.2) is 0 Å². The van der Waals surface area contributed by atoms with Crippen molar-refractivity contribution in [1.29, 1.82) is 0 Å². The average Bonchev–Trinajstić information content (AvgIpc) is 2.54. The van der Waals surface area contributed by atoms with Crippen LogP contribution in [0, 0.1) is 5.92 Å². The van der Waals surface area contributed by atoms with E-state index in [1.54, 1.807) is 29.2 Å². The molecule has 1 aliphatic rings. The van der Waals surface area contributed by atoms with Gasteiger partial charge in [0.1, 0.15) is 5.60 Å². The lowest BCUT2D eigenvalue weighted by atomic mass is 9.97. The number of benzene rings is 1. The van der Waals surface area contributed by atoms with E-state index in [-0.39, 0.29) is 17.8 Å². The first-order chi connectivity index (χ1) is 12.0. The Balaban J connectivity index is 1.77. The lowest BCUT2D eigenvalue weighted by molar-refractivity contribution is 0.0185. The standard InChI is InChI=1S/C18H27ClN2O4S/c1-18(2,3)25-17(22)21-10-8-14(9-11-21)12-20-26(23,24)13-15-4-6-16(19)7-5-15/h4-7,14,20H,8-13H2,1-3H3. The van der Waals surface area contributed by atoms with Crippen LogP contribution in [-0.4, -0.2) is 44.6 Å². The predicted molar refractivity (Wildman–Crippen MR) is 103 cm³/mol. The molecule has 1 heterocycles. The Bertz CT molecular complexity index is 706. The van der Waals surface area contributed by atoms with Crippen molar-refractivity contribution in [3.63, 3.8) is 0 Å². The van der Waals surface area contributed by atoms with E-state index in [1.807, 2.05) is 20.8 Å². The van der Waals surface area contributed by atoms with Crippen LogP contribution in [0.25, 0.3) is 0 Å². The number of carbonyl (C=O) groups is 1. The molecule has 0 unspecified atom stereocenters. The predicted octanol–water partition coefficient (Wildman–Crippen LogP) is 3.41. The van der Waals surface area contributed by atoms with Crippen molar-refractivity contribution in [2.24, 2.45) is 5.92 Å². The fraction of sp³-hybridized carbons (Fsp3) is 0.611. The van der Waals surface area contributed by atoms with E-state index in [4.69, 9.17) is 16.3 Å². The zero-order valence-electron chi connectivity index (χ0n) is 15.5. The largest absolute Gasteiger partial charge is 0.444 e. The van der Waals surface area contributed by atoms with E-state index >= 15 is 0 Å². The topological polar surface area (TPSA) is 75.7 Å². The summed E-state index contributed by atoms with van der Waals surface area (Å²) in [5, 5.41) is 0.579. The highest BCUT2D eigenvalue weighted by molar-refractivity contribution is 7.88. The molecule has 6 nitrogen and oxygen atoms in total. The molecule has 8 heteroatoms. The molecule has 1 saturated heterocycles. The Morgan fingerprint density at radius 3 is 2.35 bits per heavy atom. The van der Waals surface area contributed by atoms with Crippen molar-refractivity contribution in [1.82, 2.24) is 9.62 Å². The summed E-state index contributed by atoms with van der Waals surface area (Å²) >= 11 is 5.81. The van der Waals surface area contributed by atoms with Gasteiger partial charge in [-0.25, -0.2) is 17.9 Å². The second-order valence-electron chi connectivity index (χ2n) is 7.64. The van der Waals surface area contributed by atoms with Crippen molar-refractivity contribution < 1.29 is 17.9 Å². The number of nitrogens with one attached hydrogen (secondary N) is 1. The second kappa shape index (κ2) is 8.59. The van der Waals surface area contributed by atoms with Crippen molar-refractivity contribution in [3.8, 4) is 0 Å². The highest BCUT2D eigenvalue weighted by Crippen LogP contribution is 2.19. The summed E-state index contributed by atoms with van der Waals surface area (Å²) in [4.78, 5) is 13.7. The van der Waals surface area contributed by atoms with Crippen LogP contribution in [0.15, 0.2) is 24.3 Å². The summed E-state index contributed by atoms with van der Waals surface area (Å²) in [6.45, 7) is 7.07. The summed E-state index contributed by atoms with van der Waals surface area (Å²) in [7, 11) is -3.40. The van der Waals surface area contributed by atoms with E-state index in [1.165, 1.54) is 0 Å². The summed E-state index contributed by atoms with van der Waals surface area (Å²) in [6, 6.07) is 6.78. The third kappa shape index (κ3) is 7.13. The van der Waals surface area contributed by atoms with Gasteiger partial charge in [-0.2, -0.15) is 0 Å². The molecule has 0 spiro atoms. The normalized spacial score (nSPS) is 16.5. The molecule has 1 amide bonds. The molecule has 2 rings (SSSR count). The van der Waals surface area contributed by atoms with Crippen molar-refractivity contribution in [3.05, 3.63) is 34.9 Å². The molecule has 1 N–H and O–H groups in total. The molecule has 1 aliphatic heterocycles. The maximum Gasteiger partial charge on any atom is 0.410 e. The number of carbonyl (C=O) groups excluding carboxylic acids is 1. The Morgan fingerprint density at radius 1 is 1.23 bits per heavy atom. The van der Waals surface area contributed by atoms with Gasteiger partial charge in [-0.3, -0.25) is 0 Å². The first kappa shape index (κ1) is 21.0. The maximum atomic E-state index is 12.2. The molecule has 0 saturated carbocycles. The van der Waals surface area contributed by atoms with Crippen molar-refractivity contribution >= 4 is 27.7 Å². The van der Waals surface area contributed by atoms with Gasteiger partial charge >= 0.3 is 6.09 Å². The van der Waals surface area contributed by atoms with Gasteiger partial charge in [-0.05, 0) is 57.2 Å².